The highest BCUT2D eigenvalue weighted by molar-refractivity contribution is 6.20. The second-order valence-electron chi connectivity index (χ2n) is 3.89. The van der Waals surface area contributed by atoms with E-state index in [0.29, 0.717) is 5.38 Å². The minimum Gasteiger partial charge on any atom is -0.123 e. The van der Waals surface area contributed by atoms with Crippen molar-refractivity contribution in [2.24, 2.45) is 11.8 Å². The molecular formula is C9H15Cl. The quantitative estimate of drug-likeness (QED) is 0.475. The molecule has 0 saturated heterocycles. The maximum Gasteiger partial charge on any atom is 0.0364 e. The second-order valence-corrected chi connectivity index (χ2v) is 4.45. The summed E-state index contributed by atoms with van der Waals surface area (Å²) in [4.78, 5) is 0. The highest BCUT2D eigenvalue weighted by Crippen LogP contribution is 2.42. The molecule has 2 rings (SSSR count). The number of halogens is 1. The fourth-order valence-corrected chi connectivity index (χ4v) is 2.92. The zero-order chi connectivity index (χ0) is 6.97. The van der Waals surface area contributed by atoms with Crippen molar-refractivity contribution in [1.29, 1.82) is 0 Å². The van der Waals surface area contributed by atoms with E-state index in [1.165, 1.54) is 38.5 Å². The van der Waals surface area contributed by atoms with Gasteiger partial charge in [-0.2, -0.15) is 0 Å². The van der Waals surface area contributed by atoms with Crippen molar-refractivity contribution in [3.05, 3.63) is 0 Å². The van der Waals surface area contributed by atoms with Crippen LogP contribution in [0.5, 0.6) is 0 Å². The summed E-state index contributed by atoms with van der Waals surface area (Å²) in [5, 5.41) is 0.521. The van der Waals surface area contributed by atoms with Crippen LogP contribution in [0.2, 0.25) is 0 Å². The highest BCUT2D eigenvalue weighted by Gasteiger charge is 2.31. The summed E-state index contributed by atoms with van der Waals surface area (Å²) in [6.45, 7) is 0. The van der Waals surface area contributed by atoms with Crippen molar-refractivity contribution in [3.63, 3.8) is 0 Å². The Balaban J connectivity index is 2.03. The first-order valence-corrected chi connectivity index (χ1v) is 4.94. The molecule has 3 unspecified atom stereocenters. The molecule has 58 valence electrons. The number of rotatable bonds is 0. The largest absolute Gasteiger partial charge is 0.123 e. The van der Waals surface area contributed by atoms with Gasteiger partial charge in [0.05, 0.1) is 0 Å². The van der Waals surface area contributed by atoms with Gasteiger partial charge in [0.25, 0.3) is 0 Å². The molecule has 0 aliphatic heterocycles. The lowest BCUT2D eigenvalue weighted by atomic mass is 10.0. The van der Waals surface area contributed by atoms with E-state index in [4.69, 9.17) is 11.6 Å². The summed E-state index contributed by atoms with van der Waals surface area (Å²) in [5.41, 5.74) is 0. The average Bonchev–Trinajstić information content (AvgIpc) is 2.27. The van der Waals surface area contributed by atoms with Crippen molar-refractivity contribution in [3.8, 4) is 0 Å². The van der Waals surface area contributed by atoms with Crippen LogP contribution in [-0.4, -0.2) is 5.38 Å². The van der Waals surface area contributed by atoms with E-state index >= 15 is 0 Å². The molecule has 2 aliphatic carbocycles. The summed E-state index contributed by atoms with van der Waals surface area (Å²) in [5.74, 6) is 1.93. The van der Waals surface area contributed by atoms with Gasteiger partial charge in [-0.25, -0.2) is 0 Å². The van der Waals surface area contributed by atoms with E-state index in [0.717, 1.165) is 11.8 Å². The number of fused-ring (bicyclic) bond motifs is 2. The normalized spacial score (nSPS) is 47.1. The predicted octanol–water partition coefficient (Wildman–Crippen LogP) is 3.19. The van der Waals surface area contributed by atoms with Crippen molar-refractivity contribution >= 4 is 11.6 Å². The van der Waals surface area contributed by atoms with Gasteiger partial charge in [0.2, 0.25) is 0 Å². The Morgan fingerprint density at radius 1 is 1.00 bits per heavy atom. The molecule has 2 fully saturated rings. The van der Waals surface area contributed by atoms with Gasteiger partial charge in [0.1, 0.15) is 0 Å². The molecule has 2 aliphatic rings. The molecule has 10 heavy (non-hydrogen) atoms. The minimum atomic E-state index is 0.521. The zero-order valence-corrected chi connectivity index (χ0v) is 7.11. The first-order valence-electron chi connectivity index (χ1n) is 4.50. The third kappa shape index (κ3) is 1.18. The van der Waals surface area contributed by atoms with Gasteiger partial charge in [-0.05, 0) is 31.1 Å². The third-order valence-corrected chi connectivity index (χ3v) is 3.76. The van der Waals surface area contributed by atoms with Gasteiger partial charge in [-0.1, -0.05) is 19.3 Å². The standard InChI is InChI=1S/C9H15Cl/c10-9-3-1-2-7-4-5-8(9)6-7/h7-9H,1-6H2. The van der Waals surface area contributed by atoms with Crippen LogP contribution >= 0.6 is 11.6 Å². The lowest BCUT2D eigenvalue weighted by molar-refractivity contribution is 0.490. The third-order valence-electron chi connectivity index (χ3n) is 3.19. The fourth-order valence-electron chi connectivity index (χ4n) is 2.54. The molecule has 0 aromatic rings. The number of alkyl halides is 1. The van der Waals surface area contributed by atoms with Crippen LogP contribution in [0.4, 0.5) is 0 Å². The first kappa shape index (κ1) is 6.97. The molecule has 0 nitrogen and oxygen atoms in total. The lowest BCUT2D eigenvalue weighted by Gasteiger charge is -2.13. The van der Waals surface area contributed by atoms with Crippen LogP contribution in [-0.2, 0) is 0 Å². The monoisotopic (exact) mass is 158 g/mol. The molecule has 0 amide bonds. The second kappa shape index (κ2) is 2.73. The minimum absolute atomic E-state index is 0.521. The van der Waals surface area contributed by atoms with E-state index in [9.17, 15) is 0 Å². The predicted molar refractivity (Wildman–Crippen MR) is 44.3 cm³/mol. The van der Waals surface area contributed by atoms with Gasteiger partial charge in [-0.3, -0.25) is 0 Å². The molecule has 0 aromatic heterocycles. The van der Waals surface area contributed by atoms with Crippen molar-refractivity contribution in [2.45, 2.75) is 43.9 Å². The van der Waals surface area contributed by atoms with Crippen LogP contribution in [0.1, 0.15) is 38.5 Å². The molecular weight excluding hydrogens is 144 g/mol. The van der Waals surface area contributed by atoms with Gasteiger partial charge in [0, 0.05) is 5.38 Å². The van der Waals surface area contributed by atoms with Crippen LogP contribution in [0, 0.1) is 11.8 Å². The number of hydrogen-bond donors (Lipinski definition) is 0. The summed E-state index contributed by atoms with van der Waals surface area (Å²) >= 11 is 6.21. The topological polar surface area (TPSA) is 0 Å². The lowest BCUT2D eigenvalue weighted by Crippen LogP contribution is -2.09. The fraction of sp³-hybridized carbons (Fsp3) is 1.00. The smallest absolute Gasteiger partial charge is 0.0364 e. The van der Waals surface area contributed by atoms with Gasteiger partial charge < -0.3 is 0 Å². The molecule has 0 spiro atoms. The van der Waals surface area contributed by atoms with Gasteiger partial charge in [0.15, 0.2) is 0 Å². The molecule has 0 aromatic carbocycles. The molecule has 2 saturated carbocycles. The van der Waals surface area contributed by atoms with Gasteiger partial charge >= 0.3 is 0 Å². The van der Waals surface area contributed by atoms with E-state index in [1.807, 2.05) is 0 Å². The molecule has 2 bridgehead atoms. The van der Waals surface area contributed by atoms with E-state index in [2.05, 4.69) is 0 Å². The maximum absolute atomic E-state index is 6.21. The molecule has 0 radical (unpaired) electrons. The number of hydrogen-bond acceptors (Lipinski definition) is 0. The summed E-state index contributed by atoms with van der Waals surface area (Å²) in [6.07, 6.45) is 8.44. The Kier molecular flexibility index (Phi) is 1.90. The summed E-state index contributed by atoms with van der Waals surface area (Å²) in [7, 11) is 0. The Hall–Kier alpha value is 0.290. The van der Waals surface area contributed by atoms with Crippen LogP contribution in [0.15, 0.2) is 0 Å². The maximum atomic E-state index is 6.21. The van der Waals surface area contributed by atoms with Crippen molar-refractivity contribution < 1.29 is 0 Å². The Labute approximate surface area is 68.0 Å². The Morgan fingerprint density at radius 2 is 1.90 bits per heavy atom. The molecule has 0 heterocycles. The van der Waals surface area contributed by atoms with Crippen molar-refractivity contribution in [2.75, 3.05) is 0 Å². The SMILES string of the molecule is ClC1CCCC2CCC1C2. The highest BCUT2D eigenvalue weighted by atomic mass is 35.5. The molecule has 1 heteroatoms. The molecule has 0 N–H and O–H groups in total. The van der Waals surface area contributed by atoms with Gasteiger partial charge in [-0.15, -0.1) is 11.6 Å². The van der Waals surface area contributed by atoms with E-state index in [-0.39, 0.29) is 0 Å². The van der Waals surface area contributed by atoms with E-state index < -0.39 is 0 Å². The van der Waals surface area contributed by atoms with Crippen molar-refractivity contribution in [1.82, 2.24) is 0 Å². The Morgan fingerprint density at radius 3 is 2.80 bits per heavy atom. The average molecular weight is 159 g/mol. The van der Waals surface area contributed by atoms with Crippen LogP contribution < -0.4 is 0 Å². The summed E-state index contributed by atoms with van der Waals surface area (Å²) in [6, 6.07) is 0. The molecule has 3 atom stereocenters. The van der Waals surface area contributed by atoms with Crippen LogP contribution in [0.25, 0.3) is 0 Å². The zero-order valence-electron chi connectivity index (χ0n) is 6.35. The Bertz CT molecular complexity index is 122. The first-order chi connectivity index (χ1) is 4.86. The van der Waals surface area contributed by atoms with Crippen LogP contribution in [0.3, 0.4) is 0 Å². The van der Waals surface area contributed by atoms with E-state index in [1.54, 1.807) is 0 Å². The summed E-state index contributed by atoms with van der Waals surface area (Å²) < 4.78 is 0.